The van der Waals surface area contributed by atoms with Gasteiger partial charge < -0.3 is 10.2 Å². The van der Waals surface area contributed by atoms with Crippen LogP contribution in [0.1, 0.15) is 10.4 Å². The van der Waals surface area contributed by atoms with Gasteiger partial charge >= 0.3 is 5.97 Å². The first-order valence-electron chi connectivity index (χ1n) is 5.48. The van der Waals surface area contributed by atoms with Crippen LogP contribution in [-0.2, 0) is 9.53 Å². The maximum Gasteiger partial charge on any atom is 0.355 e. The number of nitrogens with zero attached hydrogens (tertiary/aromatic N) is 1. The fourth-order valence-electron chi connectivity index (χ4n) is 1.32. The molecule has 1 N–H and O–H groups in total. The monoisotopic (exact) mass is 282 g/mol. The average Bonchev–Trinajstić information content (AvgIpc) is 2.37. The Balaban J connectivity index is 2.97. The number of rotatable bonds is 5. The summed E-state index contributed by atoms with van der Waals surface area (Å²) >= 11 is 5.74. The fraction of sp³-hybridized carbons (Fsp3) is 0.231. The second-order valence-electron chi connectivity index (χ2n) is 3.93. The highest BCUT2D eigenvalue weighted by Crippen LogP contribution is 2.11. The Morgan fingerprint density at radius 3 is 2.32 bits per heavy atom. The second-order valence-corrected chi connectivity index (χ2v) is 4.36. The lowest BCUT2D eigenvalue weighted by molar-refractivity contribution is -0.137. The Labute approximate surface area is 116 Å². The highest BCUT2D eigenvalue weighted by atomic mass is 35.5. The summed E-state index contributed by atoms with van der Waals surface area (Å²) in [4.78, 5) is 23.5. The number of benzene rings is 1. The Hall–Kier alpha value is -1.85. The largest absolute Gasteiger partial charge is 0.464 e. The molecule has 0 amide bonds. The molecule has 0 aliphatic heterocycles. The minimum absolute atomic E-state index is 0.0625. The SMILES string of the molecule is COC(=O)/C(=C/C(=O)c1ccc(Cl)cc1)NN(C)C. The molecule has 0 saturated carbocycles. The van der Waals surface area contributed by atoms with Crippen molar-refractivity contribution in [1.29, 1.82) is 0 Å². The summed E-state index contributed by atoms with van der Waals surface area (Å²) in [6, 6.07) is 6.40. The molecular formula is C13H15ClN2O3. The quantitative estimate of drug-likeness (QED) is 0.385. The first-order valence-corrected chi connectivity index (χ1v) is 5.85. The van der Waals surface area contributed by atoms with Gasteiger partial charge in [0.05, 0.1) is 7.11 Å². The number of ether oxygens (including phenoxy) is 1. The average molecular weight is 283 g/mol. The van der Waals surface area contributed by atoms with Crippen LogP contribution in [0, 0.1) is 0 Å². The second kappa shape index (κ2) is 6.92. The number of carbonyl (C=O) groups is 2. The number of nitrogens with one attached hydrogen (secondary N) is 1. The smallest absolute Gasteiger partial charge is 0.355 e. The normalized spacial score (nSPS) is 11.3. The minimum Gasteiger partial charge on any atom is -0.464 e. The van der Waals surface area contributed by atoms with E-state index in [0.29, 0.717) is 10.6 Å². The first kappa shape index (κ1) is 15.2. The van der Waals surface area contributed by atoms with Crippen LogP contribution >= 0.6 is 11.6 Å². The van der Waals surface area contributed by atoms with E-state index in [1.807, 2.05) is 0 Å². The van der Waals surface area contributed by atoms with Crippen LogP contribution in [0.15, 0.2) is 36.0 Å². The number of hydrogen-bond acceptors (Lipinski definition) is 5. The van der Waals surface area contributed by atoms with E-state index in [-0.39, 0.29) is 11.5 Å². The van der Waals surface area contributed by atoms with Crippen LogP contribution in [0.2, 0.25) is 5.02 Å². The lowest BCUT2D eigenvalue weighted by Crippen LogP contribution is -2.34. The van der Waals surface area contributed by atoms with E-state index in [9.17, 15) is 9.59 Å². The van der Waals surface area contributed by atoms with Crippen molar-refractivity contribution in [2.24, 2.45) is 0 Å². The van der Waals surface area contributed by atoms with E-state index in [4.69, 9.17) is 11.6 Å². The molecule has 0 aliphatic rings. The number of halogens is 1. The molecule has 1 aromatic carbocycles. The predicted octanol–water partition coefficient (Wildman–Crippen LogP) is 1.65. The molecule has 0 radical (unpaired) electrons. The van der Waals surface area contributed by atoms with Crippen LogP contribution in [0.25, 0.3) is 0 Å². The summed E-state index contributed by atoms with van der Waals surface area (Å²) in [7, 11) is 4.65. The Morgan fingerprint density at radius 2 is 1.84 bits per heavy atom. The molecule has 5 nitrogen and oxygen atoms in total. The van der Waals surface area contributed by atoms with E-state index in [1.54, 1.807) is 38.4 Å². The number of hydrogen-bond donors (Lipinski definition) is 1. The van der Waals surface area contributed by atoms with Crippen molar-refractivity contribution in [1.82, 2.24) is 10.4 Å². The van der Waals surface area contributed by atoms with Crippen LogP contribution < -0.4 is 5.43 Å². The molecule has 6 heteroatoms. The Kier molecular flexibility index (Phi) is 5.54. The summed E-state index contributed by atoms with van der Waals surface area (Å²) in [5.41, 5.74) is 3.21. The zero-order valence-corrected chi connectivity index (χ0v) is 11.7. The number of ketones is 1. The molecule has 0 heterocycles. The summed E-state index contributed by atoms with van der Waals surface area (Å²) in [6.45, 7) is 0. The van der Waals surface area contributed by atoms with Gasteiger partial charge in [0.15, 0.2) is 5.78 Å². The fourth-order valence-corrected chi connectivity index (χ4v) is 1.44. The zero-order chi connectivity index (χ0) is 14.4. The molecule has 1 rings (SSSR count). The molecule has 0 aliphatic carbocycles. The lowest BCUT2D eigenvalue weighted by Gasteiger charge is -2.14. The lowest BCUT2D eigenvalue weighted by atomic mass is 10.1. The molecule has 19 heavy (non-hydrogen) atoms. The maximum atomic E-state index is 12.0. The molecule has 0 spiro atoms. The van der Waals surface area contributed by atoms with Gasteiger partial charge in [0, 0.05) is 30.8 Å². The molecule has 0 unspecified atom stereocenters. The Bertz CT molecular complexity index is 495. The molecule has 0 saturated heterocycles. The molecule has 0 atom stereocenters. The summed E-state index contributed by atoms with van der Waals surface area (Å²) < 4.78 is 4.60. The van der Waals surface area contributed by atoms with E-state index < -0.39 is 5.97 Å². The molecule has 0 bridgehead atoms. The van der Waals surface area contributed by atoms with Crippen LogP contribution in [0.4, 0.5) is 0 Å². The van der Waals surface area contributed by atoms with E-state index in [0.717, 1.165) is 0 Å². The van der Waals surface area contributed by atoms with Gasteiger partial charge in [-0.3, -0.25) is 4.79 Å². The van der Waals surface area contributed by atoms with E-state index in [2.05, 4.69) is 10.2 Å². The third kappa shape index (κ3) is 4.73. The van der Waals surface area contributed by atoms with Gasteiger partial charge in [-0.1, -0.05) is 11.6 Å². The topological polar surface area (TPSA) is 58.6 Å². The molecular weight excluding hydrogens is 268 g/mol. The predicted molar refractivity (Wildman–Crippen MR) is 72.7 cm³/mol. The van der Waals surface area contributed by atoms with Crippen molar-refractivity contribution in [2.75, 3.05) is 21.2 Å². The van der Waals surface area contributed by atoms with Crippen molar-refractivity contribution >= 4 is 23.4 Å². The van der Waals surface area contributed by atoms with Gasteiger partial charge in [0.1, 0.15) is 5.70 Å². The maximum absolute atomic E-state index is 12.0. The number of methoxy groups -OCH3 is 1. The van der Waals surface area contributed by atoms with Crippen molar-refractivity contribution in [2.45, 2.75) is 0 Å². The third-order valence-corrected chi connectivity index (χ3v) is 2.41. The molecule has 0 aromatic heterocycles. The van der Waals surface area contributed by atoms with Gasteiger partial charge in [-0.2, -0.15) is 0 Å². The van der Waals surface area contributed by atoms with Crippen LogP contribution in [0.3, 0.4) is 0 Å². The number of carbonyl (C=O) groups excluding carboxylic acids is 2. The zero-order valence-electron chi connectivity index (χ0n) is 10.9. The third-order valence-electron chi connectivity index (χ3n) is 2.15. The minimum atomic E-state index is -0.615. The standard InChI is InChI=1S/C13H15ClN2O3/c1-16(2)15-11(13(18)19-3)8-12(17)9-4-6-10(14)7-5-9/h4-8,15H,1-3H3/b11-8-. The number of esters is 1. The van der Waals surface area contributed by atoms with Crippen LogP contribution in [-0.4, -0.2) is 38.0 Å². The highest BCUT2D eigenvalue weighted by molar-refractivity contribution is 6.30. The molecule has 0 fully saturated rings. The number of hydrazine groups is 1. The summed E-state index contributed by atoms with van der Waals surface area (Å²) in [5.74, 6) is -0.928. The van der Waals surface area contributed by atoms with Gasteiger partial charge in [-0.15, -0.1) is 0 Å². The summed E-state index contributed by atoms with van der Waals surface area (Å²) in [5, 5.41) is 2.08. The number of allylic oxidation sites excluding steroid dienone is 1. The van der Waals surface area contributed by atoms with Crippen LogP contribution in [0.5, 0.6) is 0 Å². The van der Waals surface area contributed by atoms with Crippen molar-refractivity contribution in [3.63, 3.8) is 0 Å². The van der Waals surface area contributed by atoms with Gasteiger partial charge in [-0.05, 0) is 24.3 Å². The first-order chi connectivity index (χ1) is 8.93. The van der Waals surface area contributed by atoms with Gasteiger partial charge in [-0.25, -0.2) is 9.80 Å². The van der Waals surface area contributed by atoms with Gasteiger partial charge in [0.2, 0.25) is 0 Å². The van der Waals surface area contributed by atoms with E-state index >= 15 is 0 Å². The molecule has 102 valence electrons. The van der Waals surface area contributed by atoms with Crippen molar-refractivity contribution in [3.8, 4) is 0 Å². The van der Waals surface area contributed by atoms with Crippen molar-refractivity contribution in [3.05, 3.63) is 46.6 Å². The Morgan fingerprint density at radius 1 is 1.26 bits per heavy atom. The molecule has 1 aromatic rings. The van der Waals surface area contributed by atoms with Crippen molar-refractivity contribution < 1.29 is 14.3 Å². The highest BCUT2D eigenvalue weighted by Gasteiger charge is 2.13. The summed E-state index contributed by atoms with van der Waals surface area (Å²) in [6.07, 6.45) is 1.19. The van der Waals surface area contributed by atoms with E-state index in [1.165, 1.54) is 18.2 Å². The van der Waals surface area contributed by atoms with Gasteiger partial charge in [0.25, 0.3) is 0 Å².